The summed E-state index contributed by atoms with van der Waals surface area (Å²) in [7, 11) is -1.76. The molecule has 6 nitrogen and oxygen atoms in total. The fourth-order valence-electron chi connectivity index (χ4n) is 2.38. The molecule has 1 aliphatic heterocycles. The summed E-state index contributed by atoms with van der Waals surface area (Å²) in [5, 5.41) is 0. The van der Waals surface area contributed by atoms with Crippen molar-refractivity contribution in [2.24, 2.45) is 0 Å². The first-order chi connectivity index (χ1) is 10.8. The number of carbonyl (C=O) groups excluding carboxylic acids is 1. The largest absolute Gasteiger partial charge is 0.486 e. The van der Waals surface area contributed by atoms with E-state index in [2.05, 4.69) is 6.92 Å². The Morgan fingerprint density at radius 3 is 2.61 bits per heavy atom. The molecule has 1 aliphatic rings. The first-order valence-electron chi connectivity index (χ1n) is 7.75. The molecular weight excluding hydrogens is 316 g/mol. The first kappa shape index (κ1) is 17.7. The van der Waals surface area contributed by atoms with E-state index in [0.717, 1.165) is 24.0 Å². The highest BCUT2D eigenvalue weighted by atomic mass is 32.2. The highest BCUT2D eigenvalue weighted by Gasteiger charge is 2.32. The predicted octanol–water partition coefficient (Wildman–Crippen LogP) is 1.12. The lowest BCUT2D eigenvalue weighted by Crippen LogP contribution is -2.56. The van der Waals surface area contributed by atoms with Crippen LogP contribution in [0.3, 0.4) is 0 Å². The number of sulfonamides is 1. The van der Waals surface area contributed by atoms with Gasteiger partial charge in [0.05, 0.1) is 19.3 Å². The minimum Gasteiger partial charge on any atom is -0.486 e. The van der Waals surface area contributed by atoms with Gasteiger partial charge in [-0.3, -0.25) is 4.79 Å². The van der Waals surface area contributed by atoms with Gasteiger partial charge in [0.1, 0.15) is 11.9 Å². The molecule has 0 bridgehead atoms. The van der Waals surface area contributed by atoms with E-state index in [0.29, 0.717) is 13.1 Å². The average molecular weight is 340 g/mol. The molecule has 1 aromatic rings. The summed E-state index contributed by atoms with van der Waals surface area (Å²) in [4.78, 5) is 13.7. The van der Waals surface area contributed by atoms with Crippen LogP contribution in [-0.2, 0) is 21.2 Å². The summed E-state index contributed by atoms with van der Waals surface area (Å²) in [5.74, 6) is 0.841. The zero-order valence-corrected chi connectivity index (χ0v) is 14.7. The molecule has 1 heterocycles. The van der Waals surface area contributed by atoms with Gasteiger partial charge in [-0.05, 0) is 18.1 Å². The molecule has 0 saturated carbocycles. The molecule has 1 saturated heterocycles. The highest BCUT2D eigenvalue weighted by molar-refractivity contribution is 7.88. The van der Waals surface area contributed by atoms with Crippen LogP contribution < -0.4 is 4.74 Å². The molecule has 0 atom stereocenters. The summed E-state index contributed by atoms with van der Waals surface area (Å²) in [6, 6.07) is 7.92. The smallest absolute Gasteiger partial charge is 0.224 e. The third kappa shape index (κ3) is 4.68. The monoisotopic (exact) mass is 340 g/mol. The topological polar surface area (TPSA) is 66.9 Å². The van der Waals surface area contributed by atoms with Gasteiger partial charge >= 0.3 is 0 Å². The lowest BCUT2D eigenvalue weighted by molar-refractivity contribution is -0.140. The van der Waals surface area contributed by atoms with Crippen molar-refractivity contribution in [3.05, 3.63) is 29.8 Å². The van der Waals surface area contributed by atoms with E-state index in [1.54, 1.807) is 4.90 Å². The maximum Gasteiger partial charge on any atom is 0.224 e. The molecule has 1 aromatic carbocycles. The van der Waals surface area contributed by atoms with Crippen molar-refractivity contribution in [2.75, 3.05) is 32.9 Å². The lowest BCUT2D eigenvalue weighted by Gasteiger charge is -2.39. The lowest BCUT2D eigenvalue weighted by atomic mass is 10.1. The number of hydrogen-bond donors (Lipinski definition) is 0. The van der Waals surface area contributed by atoms with E-state index in [-0.39, 0.29) is 25.0 Å². The standard InChI is InChI=1S/C16H24N2O4S/c1-4-13-7-5-6-8-15(13)22-14-11-18(12-14)16(19)9-10-17(2)23(3,20)21/h5-8,14H,4,9-12H2,1-3H3. The Hall–Kier alpha value is -1.60. The molecule has 128 valence electrons. The number of benzene rings is 1. The maximum atomic E-state index is 12.0. The van der Waals surface area contributed by atoms with Crippen molar-refractivity contribution in [1.82, 2.24) is 9.21 Å². The second-order valence-corrected chi connectivity index (χ2v) is 7.92. The fourth-order valence-corrected chi connectivity index (χ4v) is 2.81. The molecule has 0 radical (unpaired) electrons. The number of likely N-dealkylation sites (tertiary alicyclic amines) is 1. The van der Waals surface area contributed by atoms with Gasteiger partial charge in [0, 0.05) is 20.0 Å². The molecule has 0 unspecified atom stereocenters. The SMILES string of the molecule is CCc1ccccc1OC1CN(C(=O)CCN(C)S(C)(=O)=O)C1. The molecule has 7 heteroatoms. The number of aryl methyl sites for hydroxylation is 1. The zero-order chi connectivity index (χ0) is 17.0. The van der Waals surface area contributed by atoms with Crippen molar-refractivity contribution in [2.45, 2.75) is 25.9 Å². The Kier molecular flexibility index (Phi) is 5.64. The van der Waals surface area contributed by atoms with Gasteiger partial charge in [-0.2, -0.15) is 0 Å². The quantitative estimate of drug-likeness (QED) is 0.746. The van der Waals surface area contributed by atoms with Gasteiger partial charge in [0.25, 0.3) is 0 Å². The van der Waals surface area contributed by atoms with E-state index in [9.17, 15) is 13.2 Å². The number of ether oxygens (including phenoxy) is 1. The number of rotatable bonds is 7. The van der Waals surface area contributed by atoms with Crippen LogP contribution in [0.2, 0.25) is 0 Å². The van der Waals surface area contributed by atoms with Crippen LogP contribution >= 0.6 is 0 Å². The molecule has 0 aliphatic carbocycles. The van der Waals surface area contributed by atoms with Crippen LogP contribution in [0.25, 0.3) is 0 Å². The summed E-state index contributed by atoms with van der Waals surface area (Å²) in [6.45, 7) is 3.40. The van der Waals surface area contributed by atoms with E-state index in [4.69, 9.17) is 4.74 Å². The van der Waals surface area contributed by atoms with Crippen molar-refractivity contribution < 1.29 is 17.9 Å². The molecule has 23 heavy (non-hydrogen) atoms. The van der Waals surface area contributed by atoms with Crippen LogP contribution in [0.15, 0.2) is 24.3 Å². The van der Waals surface area contributed by atoms with Crippen LogP contribution in [-0.4, -0.2) is 62.6 Å². The summed E-state index contributed by atoms with van der Waals surface area (Å²) >= 11 is 0. The summed E-state index contributed by atoms with van der Waals surface area (Å²) in [6.07, 6.45) is 2.25. The van der Waals surface area contributed by atoms with Gasteiger partial charge in [-0.1, -0.05) is 25.1 Å². The van der Waals surface area contributed by atoms with E-state index < -0.39 is 10.0 Å². The molecule has 0 spiro atoms. The van der Waals surface area contributed by atoms with Gasteiger partial charge in [0.2, 0.25) is 15.9 Å². The zero-order valence-electron chi connectivity index (χ0n) is 13.9. The molecular formula is C16H24N2O4S. The molecule has 2 rings (SSSR count). The second-order valence-electron chi connectivity index (χ2n) is 5.83. The van der Waals surface area contributed by atoms with Gasteiger partial charge in [0.15, 0.2) is 0 Å². The fraction of sp³-hybridized carbons (Fsp3) is 0.562. The minimum absolute atomic E-state index is 0.0132. The predicted molar refractivity (Wildman–Crippen MR) is 88.9 cm³/mol. The van der Waals surface area contributed by atoms with Gasteiger partial charge < -0.3 is 9.64 Å². The van der Waals surface area contributed by atoms with Crippen molar-refractivity contribution in [3.8, 4) is 5.75 Å². The Labute approximate surface area is 138 Å². The van der Waals surface area contributed by atoms with Crippen LogP contribution in [0.5, 0.6) is 5.75 Å². The number of para-hydroxylation sites is 1. The highest BCUT2D eigenvalue weighted by Crippen LogP contribution is 2.23. The third-order valence-electron chi connectivity index (χ3n) is 4.05. The van der Waals surface area contributed by atoms with Crippen molar-refractivity contribution in [3.63, 3.8) is 0 Å². The van der Waals surface area contributed by atoms with Crippen LogP contribution in [0.1, 0.15) is 18.9 Å². The first-order valence-corrected chi connectivity index (χ1v) is 9.59. The average Bonchev–Trinajstić information content (AvgIpc) is 2.47. The Balaban J connectivity index is 1.77. The minimum atomic E-state index is -3.23. The van der Waals surface area contributed by atoms with Gasteiger partial charge in [-0.25, -0.2) is 12.7 Å². The Morgan fingerprint density at radius 1 is 1.35 bits per heavy atom. The number of amides is 1. The number of nitrogens with zero attached hydrogens (tertiary/aromatic N) is 2. The second kappa shape index (κ2) is 7.31. The van der Waals surface area contributed by atoms with Crippen molar-refractivity contribution in [1.29, 1.82) is 0 Å². The Morgan fingerprint density at radius 2 is 2.00 bits per heavy atom. The molecule has 0 aromatic heterocycles. The van der Waals surface area contributed by atoms with Gasteiger partial charge in [-0.15, -0.1) is 0 Å². The molecule has 0 N–H and O–H groups in total. The van der Waals surface area contributed by atoms with E-state index >= 15 is 0 Å². The van der Waals surface area contributed by atoms with E-state index in [1.807, 2.05) is 24.3 Å². The molecule has 1 amide bonds. The Bertz CT molecular complexity index is 654. The van der Waals surface area contributed by atoms with Crippen LogP contribution in [0.4, 0.5) is 0 Å². The summed E-state index contributed by atoms with van der Waals surface area (Å²) < 4.78 is 29.7. The van der Waals surface area contributed by atoms with E-state index in [1.165, 1.54) is 11.4 Å². The molecule has 1 fully saturated rings. The maximum absolute atomic E-state index is 12.0. The number of hydrogen-bond acceptors (Lipinski definition) is 4. The normalized spacial score (nSPS) is 15.6. The van der Waals surface area contributed by atoms with Crippen molar-refractivity contribution >= 4 is 15.9 Å². The number of carbonyl (C=O) groups is 1. The third-order valence-corrected chi connectivity index (χ3v) is 5.37. The van der Waals surface area contributed by atoms with Crippen LogP contribution in [0, 0.1) is 0 Å². The summed E-state index contributed by atoms with van der Waals surface area (Å²) in [5.41, 5.74) is 1.16.